The van der Waals surface area contributed by atoms with Crippen LogP contribution in [0.3, 0.4) is 0 Å². The van der Waals surface area contributed by atoms with Crippen LogP contribution in [0, 0.1) is 0 Å². The summed E-state index contributed by atoms with van der Waals surface area (Å²) in [6.07, 6.45) is 1.47. The first-order valence-corrected chi connectivity index (χ1v) is 27.8. The zero-order valence-corrected chi connectivity index (χ0v) is 44.1. The van der Waals surface area contributed by atoms with Gasteiger partial charge >= 0.3 is 5.97 Å². The standard InChI is InChI=1S/C50H71N11O13S2/c1-2-3-23-74-32-16-14-31(15-17-32)26-35-46(69)58-36(25-30-10-5-4-6-11-30)47(70)56-34(18-19-40(52)62)45(68)59-37(27-41(53)63)48(71)60-38(29-76-75-24-20-42(64)55-35)50(73)61-22-9-13-39(61)49(72)57-33(12-7-8-21-51)44(67)54-28-43(65)66/h4-6,10-11,14-17,33-39H,2-3,7-9,12-13,18-29,51H2,1H3,(H2,52,62)(H2,53,63)(H,54,67)(H,55,64)(H,56,70)(H,57,72)(H,58,69)(H,59,68)(H,60,71)(H,65,66)/t33-,34-,35-,36-,37-,38-,39-/m0/s1. The maximum atomic E-state index is 14.6. The third kappa shape index (κ3) is 21.4. The lowest BCUT2D eigenvalue weighted by Crippen LogP contribution is -2.61. The normalized spacial score (nSPS) is 21.6. The highest BCUT2D eigenvalue weighted by molar-refractivity contribution is 8.76. The first-order valence-electron chi connectivity index (χ1n) is 25.3. The Labute approximate surface area is 448 Å². The van der Waals surface area contributed by atoms with E-state index in [2.05, 4.69) is 37.2 Å². The van der Waals surface area contributed by atoms with Crippen LogP contribution in [-0.2, 0) is 65.6 Å². The highest BCUT2D eigenvalue weighted by atomic mass is 33.1. The molecule has 0 saturated carbocycles. The number of nitrogens with two attached hydrogens (primary N) is 3. The largest absolute Gasteiger partial charge is 0.494 e. The van der Waals surface area contributed by atoms with Crippen molar-refractivity contribution in [3.63, 3.8) is 0 Å². The van der Waals surface area contributed by atoms with Crippen LogP contribution in [0.15, 0.2) is 54.6 Å². The van der Waals surface area contributed by atoms with Crippen LogP contribution in [0.25, 0.3) is 0 Å². The van der Waals surface area contributed by atoms with Crippen molar-refractivity contribution in [1.29, 1.82) is 0 Å². The molecule has 0 spiro atoms. The summed E-state index contributed by atoms with van der Waals surface area (Å²) < 4.78 is 5.80. The van der Waals surface area contributed by atoms with Gasteiger partial charge in [0.2, 0.25) is 59.1 Å². The number of aliphatic carboxylic acids is 1. The minimum atomic E-state index is -1.76. The number of carboxylic acids is 1. The lowest BCUT2D eigenvalue weighted by Gasteiger charge is -2.31. The van der Waals surface area contributed by atoms with Gasteiger partial charge in [0.15, 0.2) is 0 Å². The number of carbonyl (C=O) groups is 11. The summed E-state index contributed by atoms with van der Waals surface area (Å²) in [6, 6.07) is 5.92. The number of hydrogen-bond acceptors (Lipinski definition) is 15. The van der Waals surface area contributed by atoms with E-state index in [1.54, 1.807) is 54.6 Å². The highest BCUT2D eigenvalue weighted by Gasteiger charge is 2.40. The zero-order chi connectivity index (χ0) is 55.6. The number of amides is 10. The SMILES string of the molecule is CCCCOc1ccc(C[C@@H]2NC(=O)CCSSC[C@@H](C(=O)N3CCC[C@H]3C(=O)N[C@@H](CCCCN)C(=O)NCC(=O)O)NC(=O)[C@H](CC(N)=O)NC(=O)[C@H](CCC(N)=O)NC(=O)[C@H](Cc3ccccc3)NC2=O)cc1. The van der Waals surface area contributed by atoms with Crippen LogP contribution >= 0.6 is 21.6 Å². The van der Waals surface area contributed by atoms with Gasteiger partial charge in [-0.1, -0.05) is 77.4 Å². The molecule has 10 amide bonds. The summed E-state index contributed by atoms with van der Waals surface area (Å²) in [5.74, 6) is -9.10. The molecule has 4 rings (SSSR count). The molecule has 7 atom stereocenters. The maximum absolute atomic E-state index is 14.6. The van der Waals surface area contributed by atoms with Gasteiger partial charge in [0, 0.05) is 43.7 Å². The summed E-state index contributed by atoms with van der Waals surface area (Å²) in [5.41, 5.74) is 17.9. The topological polar surface area (TPSA) is 383 Å². The van der Waals surface area contributed by atoms with Gasteiger partial charge in [-0.15, -0.1) is 0 Å². The van der Waals surface area contributed by atoms with E-state index in [0.717, 1.165) is 34.4 Å². The van der Waals surface area contributed by atoms with Crippen molar-refractivity contribution < 1.29 is 62.6 Å². The van der Waals surface area contributed by atoms with Gasteiger partial charge < -0.3 is 69.2 Å². The van der Waals surface area contributed by atoms with Gasteiger partial charge in [-0.2, -0.15) is 0 Å². The molecule has 26 heteroatoms. The average molecular weight is 1100 g/mol. The second kappa shape index (κ2) is 32.5. The molecule has 2 saturated heterocycles. The van der Waals surface area contributed by atoms with E-state index in [4.69, 9.17) is 27.0 Å². The number of carboxylic acid groups (broad SMARTS) is 1. The number of carbonyl (C=O) groups excluding carboxylic acids is 10. The van der Waals surface area contributed by atoms with E-state index in [1.165, 1.54) is 4.90 Å². The number of benzene rings is 2. The molecule has 76 heavy (non-hydrogen) atoms. The van der Waals surface area contributed by atoms with Crippen molar-refractivity contribution in [1.82, 2.24) is 42.1 Å². The average Bonchev–Trinajstić information content (AvgIpc) is 3.88. The molecule has 0 aromatic heterocycles. The van der Waals surface area contributed by atoms with E-state index in [0.29, 0.717) is 49.3 Å². The van der Waals surface area contributed by atoms with E-state index >= 15 is 0 Å². The van der Waals surface area contributed by atoms with Crippen LogP contribution in [0.4, 0.5) is 0 Å². The number of likely N-dealkylation sites (tertiary alicyclic amines) is 1. The van der Waals surface area contributed by atoms with E-state index in [9.17, 15) is 52.7 Å². The highest BCUT2D eigenvalue weighted by Crippen LogP contribution is 2.26. The molecule has 416 valence electrons. The lowest BCUT2D eigenvalue weighted by molar-refractivity contribution is -0.142. The molecule has 0 unspecified atom stereocenters. The fourth-order valence-electron chi connectivity index (χ4n) is 8.18. The van der Waals surface area contributed by atoms with Crippen LogP contribution in [0.5, 0.6) is 5.75 Å². The van der Waals surface area contributed by atoms with Crippen LogP contribution in [0.2, 0.25) is 0 Å². The third-order valence-electron chi connectivity index (χ3n) is 12.2. The number of ether oxygens (including phenoxy) is 1. The van der Waals surface area contributed by atoms with Crippen LogP contribution in [-0.4, -0.2) is 155 Å². The smallest absolute Gasteiger partial charge is 0.322 e. The quantitative estimate of drug-likeness (QED) is 0.0460. The van der Waals surface area contributed by atoms with E-state index < -0.39 is 133 Å². The minimum Gasteiger partial charge on any atom is -0.494 e. The molecule has 2 aromatic carbocycles. The van der Waals surface area contributed by atoms with Crippen molar-refractivity contribution in [3.05, 3.63) is 65.7 Å². The van der Waals surface area contributed by atoms with Gasteiger partial charge in [0.1, 0.15) is 54.6 Å². The first-order chi connectivity index (χ1) is 36.4. The Morgan fingerprint density at radius 2 is 1.41 bits per heavy atom. The molecule has 0 bridgehead atoms. The Morgan fingerprint density at radius 3 is 2.05 bits per heavy atom. The molecule has 24 nitrogen and oxygen atoms in total. The minimum absolute atomic E-state index is 0.00879. The Kier molecular flexibility index (Phi) is 26.3. The summed E-state index contributed by atoms with van der Waals surface area (Å²) in [5, 5.41) is 27.2. The monoisotopic (exact) mass is 1100 g/mol. The first kappa shape index (κ1) is 61.6. The Bertz CT molecular complexity index is 2330. The third-order valence-corrected chi connectivity index (χ3v) is 14.6. The fraction of sp³-hybridized carbons (Fsp3) is 0.540. The summed E-state index contributed by atoms with van der Waals surface area (Å²) in [4.78, 5) is 149. The van der Waals surface area contributed by atoms with Crippen molar-refractivity contribution >= 4 is 86.6 Å². The lowest BCUT2D eigenvalue weighted by atomic mass is 10.0. The number of primary amides is 2. The number of rotatable bonds is 23. The fourth-order valence-corrected chi connectivity index (χ4v) is 10.3. The van der Waals surface area contributed by atoms with Crippen molar-refractivity contribution in [2.24, 2.45) is 17.2 Å². The molecule has 2 fully saturated rings. The summed E-state index contributed by atoms with van der Waals surface area (Å²) in [6.45, 7) is 2.20. The molecule has 0 radical (unpaired) electrons. The molecule has 2 heterocycles. The Hall–Kier alpha value is -6.93. The maximum Gasteiger partial charge on any atom is 0.322 e. The van der Waals surface area contributed by atoms with Crippen molar-refractivity contribution in [3.8, 4) is 5.75 Å². The number of nitrogens with one attached hydrogen (secondary N) is 7. The number of hydrogen-bond donors (Lipinski definition) is 11. The molecule has 2 aromatic rings. The van der Waals surface area contributed by atoms with Crippen molar-refractivity contribution in [2.45, 2.75) is 133 Å². The van der Waals surface area contributed by atoms with Gasteiger partial charge in [-0.25, -0.2) is 0 Å². The molecular formula is C50H71N11O13S2. The zero-order valence-electron chi connectivity index (χ0n) is 42.5. The predicted octanol–water partition coefficient (Wildman–Crippen LogP) is -1.19. The summed E-state index contributed by atoms with van der Waals surface area (Å²) in [7, 11) is 2.24. The molecular weight excluding hydrogens is 1030 g/mol. The number of unbranched alkanes of at least 4 members (excludes halogenated alkanes) is 2. The second-order valence-electron chi connectivity index (χ2n) is 18.3. The molecule has 0 aliphatic carbocycles. The Balaban J connectivity index is 1.69. The number of nitrogens with zero attached hydrogens (tertiary/aromatic N) is 1. The summed E-state index contributed by atoms with van der Waals surface area (Å²) >= 11 is 0. The van der Waals surface area contributed by atoms with Gasteiger partial charge in [0.05, 0.1) is 13.0 Å². The van der Waals surface area contributed by atoms with Crippen LogP contribution < -0.4 is 59.2 Å². The predicted molar refractivity (Wildman–Crippen MR) is 282 cm³/mol. The second-order valence-corrected chi connectivity index (χ2v) is 20.9. The van der Waals surface area contributed by atoms with Gasteiger partial charge in [-0.3, -0.25) is 52.7 Å². The molecule has 14 N–H and O–H groups in total. The van der Waals surface area contributed by atoms with E-state index in [1.807, 2.05) is 6.92 Å². The van der Waals surface area contributed by atoms with Crippen molar-refractivity contribution in [2.75, 3.05) is 37.7 Å². The van der Waals surface area contributed by atoms with Crippen LogP contribution in [0.1, 0.15) is 88.7 Å². The van der Waals surface area contributed by atoms with E-state index in [-0.39, 0.29) is 50.2 Å². The molecule has 2 aliphatic heterocycles. The Morgan fingerprint density at radius 1 is 0.776 bits per heavy atom. The molecule has 2 aliphatic rings. The van der Waals surface area contributed by atoms with Gasteiger partial charge in [-0.05, 0) is 74.8 Å². The van der Waals surface area contributed by atoms with Gasteiger partial charge in [0.25, 0.3) is 0 Å².